The van der Waals surface area contributed by atoms with Gasteiger partial charge in [-0.05, 0) is 42.7 Å². The average molecular weight is 477 g/mol. The zero-order valence-electron chi connectivity index (χ0n) is 18.2. The van der Waals surface area contributed by atoms with Gasteiger partial charge in [0.2, 0.25) is 12.7 Å². The Morgan fingerprint density at radius 3 is 2.71 bits per heavy atom. The normalized spacial score (nSPS) is 21.1. The zero-order valence-corrected chi connectivity index (χ0v) is 18.2. The predicted molar refractivity (Wildman–Crippen MR) is 116 cm³/mol. The van der Waals surface area contributed by atoms with Crippen LogP contribution in [-0.4, -0.2) is 48.7 Å². The Labute approximate surface area is 194 Å². The van der Waals surface area contributed by atoms with Gasteiger partial charge in [-0.3, -0.25) is 4.79 Å². The van der Waals surface area contributed by atoms with E-state index in [4.69, 9.17) is 14.2 Å². The summed E-state index contributed by atoms with van der Waals surface area (Å²) in [6, 6.07) is 6.84. The molecule has 0 aromatic heterocycles. The maximum atomic E-state index is 13.7. The van der Waals surface area contributed by atoms with Gasteiger partial charge in [0, 0.05) is 12.6 Å². The van der Waals surface area contributed by atoms with Crippen molar-refractivity contribution >= 4 is 17.6 Å². The van der Waals surface area contributed by atoms with Gasteiger partial charge in [-0.25, -0.2) is 13.6 Å². The van der Waals surface area contributed by atoms with Gasteiger partial charge in [-0.2, -0.15) is 0 Å². The number of fused-ring (bicyclic) bond motifs is 1. The molecule has 0 saturated carbocycles. The van der Waals surface area contributed by atoms with E-state index < -0.39 is 35.9 Å². The lowest BCUT2D eigenvalue weighted by Crippen LogP contribution is -2.52. The number of benzene rings is 2. The fourth-order valence-electron chi connectivity index (χ4n) is 3.90. The summed E-state index contributed by atoms with van der Waals surface area (Å²) in [5, 5.41) is 17.4. The Kier molecular flexibility index (Phi) is 7.43. The number of urea groups is 1. The van der Waals surface area contributed by atoms with Crippen LogP contribution in [0.25, 0.3) is 0 Å². The van der Waals surface area contributed by atoms with E-state index in [0.29, 0.717) is 30.9 Å². The van der Waals surface area contributed by atoms with Gasteiger partial charge >= 0.3 is 6.03 Å². The van der Waals surface area contributed by atoms with Crippen LogP contribution in [0.5, 0.6) is 11.5 Å². The van der Waals surface area contributed by atoms with Crippen molar-refractivity contribution in [2.75, 3.05) is 18.7 Å². The van der Waals surface area contributed by atoms with Gasteiger partial charge in [0.1, 0.15) is 17.7 Å². The summed E-state index contributed by atoms with van der Waals surface area (Å²) in [6.45, 7) is 0.108. The first kappa shape index (κ1) is 23.7. The molecule has 182 valence electrons. The largest absolute Gasteiger partial charge is 0.454 e. The van der Waals surface area contributed by atoms with Crippen LogP contribution in [0.4, 0.5) is 19.3 Å². The lowest BCUT2D eigenvalue weighted by atomic mass is 9.97. The number of aliphatic hydroxyl groups is 1. The molecule has 2 aliphatic rings. The van der Waals surface area contributed by atoms with Crippen molar-refractivity contribution in [1.82, 2.24) is 10.6 Å². The molecule has 4 N–H and O–H groups in total. The minimum atomic E-state index is -0.776. The quantitative estimate of drug-likeness (QED) is 0.487. The molecule has 3 atom stereocenters. The molecular formula is C23H25F2N3O6. The number of hydrogen-bond acceptors (Lipinski definition) is 6. The van der Waals surface area contributed by atoms with Gasteiger partial charge in [0.25, 0.3) is 0 Å². The summed E-state index contributed by atoms with van der Waals surface area (Å²) < 4.78 is 43.4. The molecule has 2 aromatic rings. The Hall–Kier alpha value is -3.44. The molecule has 0 unspecified atom stereocenters. The van der Waals surface area contributed by atoms with Crippen molar-refractivity contribution in [3.05, 3.63) is 53.6 Å². The maximum Gasteiger partial charge on any atom is 0.319 e. The molecular weight excluding hydrogens is 452 g/mol. The molecule has 0 spiro atoms. The first-order valence-corrected chi connectivity index (χ1v) is 10.9. The van der Waals surface area contributed by atoms with Crippen LogP contribution in [0.2, 0.25) is 0 Å². The van der Waals surface area contributed by atoms with Crippen molar-refractivity contribution in [3.63, 3.8) is 0 Å². The Morgan fingerprint density at radius 1 is 1.06 bits per heavy atom. The fraction of sp³-hybridized carbons (Fsp3) is 0.391. The monoisotopic (exact) mass is 477 g/mol. The van der Waals surface area contributed by atoms with E-state index in [-0.39, 0.29) is 31.4 Å². The van der Waals surface area contributed by atoms with E-state index in [9.17, 15) is 23.5 Å². The molecule has 4 rings (SSSR count). The molecule has 3 amide bonds. The molecule has 34 heavy (non-hydrogen) atoms. The number of carbonyl (C=O) groups excluding carboxylic acids is 2. The van der Waals surface area contributed by atoms with Gasteiger partial charge in [-0.1, -0.05) is 6.07 Å². The van der Waals surface area contributed by atoms with E-state index in [2.05, 4.69) is 16.0 Å². The van der Waals surface area contributed by atoms with Gasteiger partial charge in [-0.15, -0.1) is 0 Å². The summed E-state index contributed by atoms with van der Waals surface area (Å²) in [5.74, 6) is -0.382. The lowest BCUT2D eigenvalue weighted by Gasteiger charge is -2.35. The van der Waals surface area contributed by atoms with Crippen molar-refractivity contribution < 1.29 is 37.7 Å². The standard InChI is InChI=1S/C23H25F2N3O6/c24-14-2-4-16(25)18(8-14)28-23(31)27-17-5-3-15(34-21(17)11-29)9-22(30)26-10-13-1-6-19-20(7-13)33-12-32-19/h1-2,4,6-8,15,17,21,29H,3,5,9-12H2,(H,26,30)(H2,27,28,31)/t15-,17-,21+/m0/s1. The third kappa shape index (κ3) is 5.91. The molecule has 2 heterocycles. The third-order valence-electron chi connectivity index (χ3n) is 5.63. The Balaban J connectivity index is 1.23. The number of amides is 3. The number of nitrogens with one attached hydrogen (secondary N) is 3. The third-order valence-corrected chi connectivity index (χ3v) is 5.63. The van der Waals surface area contributed by atoms with Crippen molar-refractivity contribution in [2.45, 2.75) is 44.1 Å². The number of ether oxygens (including phenoxy) is 3. The van der Waals surface area contributed by atoms with E-state index in [1.54, 1.807) is 12.1 Å². The number of anilines is 1. The second-order valence-electron chi connectivity index (χ2n) is 8.05. The lowest BCUT2D eigenvalue weighted by molar-refractivity contribution is -0.130. The minimum absolute atomic E-state index is 0.0917. The number of carbonyl (C=O) groups is 2. The molecule has 1 fully saturated rings. The van der Waals surface area contributed by atoms with Crippen LogP contribution >= 0.6 is 0 Å². The molecule has 1 saturated heterocycles. The molecule has 9 nitrogen and oxygen atoms in total. The average Bonchev–Trinajstić information content (AvgIpc) is 3.29. The SMILES string of the molecule is O=C(C[C@@H]1CC[C@H](NC(=O)Nc2cc(F)ccc2F)[C@@H](CO)O1)NCc1ccc2c(c1)OCO2. The van der Waals surface area contributed by atoms with Crippen LogP contribution in [0.3, 0.4) is 0 Å². The van der Waals surface area contributed by atoms with E-state index in [1.165, 1.54) is 0 Å². The first-order valence-electron chi connectivity index (χ1n) is 10.9. The highest BCUT2D eigenvalue weighted by atomic mass is 19.1. The second kappa shape index (κ2) is 10.7. The highest BCUT2D eigenvalue weighted by molar-refractivity contribution is 5.89. The molecule has 0 aliphatic carbocycles. The highest BCUT2D eigenvalue weighted by Gasteiger charge is 2.33. The molecule has 0 bridgehead atoms. The van der Waals surface area contributed by atoms with Crippen molar-refractivity contribution in [3.8, 4) is 11.5 Å². The number of rotatable bonds is 7. The van der Waals surface area contributed by atoms with Crippen LogP contribution < -0.4 is 25.4 Å². The van der Waals surface area contributed by atoms with Crippen LogP contribution in [-0.2, 0) is 16.1 Å². The summed E-state index contributed by atoms with van der Waals surface area (Å²) in [4.78, 5) is 24.6. The van der Waals surface area contributed by atoms with E-state index in [1.807, 2.05) is 6.07 Å². The highest BCUT2D eigenvalue weighted by Crippen LogP contribution is 2.32. The summed E-state index contributed by atoms with van der Waals surface area (Å²) in [7, 11) is 0. The van der Waals surface area contributed by atoms with Crippen molar-refractivity contribution in [2.24, 2.45) is 0 Å². The summed E-state index contributed by atoms with van der Waals surface area (Å²) in [5.41, 5.74) is 0.562. The maximum absolute atomic E-state index is 13.7. The predicted octanol–water partition coefficient (Wildman–Crippen LogP) is 2.43. The van der Waals surface area contributed by atoms with E-state index >= 15 is 0 Å². The van der Waals surface area contributed by atoms with Gasteiger partial charge in [0.05, 0.1) is 30.9 Å². The molecule has 2 aliphatic heterocycles. The Bertz CT molecular complexity index is 1050. The van der Waals surface area contributed by atoms with Gasteiger partial charge in [0.15, 0.2) is 11.5 Å². The number of hydrogen-bond donors (Lipinski definition) is 4. The second-order valence-corrected chi connectivity index (χ2v) is 8.05. The first-order chi connectivity index (χ1) is 16.4. The topological polar surface area (TPSA) is 118 Å². The molecule has 11 heteroatoms. The molecule has 0 radical (unpaired) electrons. The fourth-order valence-corrected chi connectivity index (χ4v) is 3.90. The smallest absolute Gasteiger partial charge is 0.319 e. The van der Waals surface area contributed by atoms with Gasteiger partial charge < -0.3 is 35.3 Å². The summed E-state index contributed by atoms with van der Waals surface area (Å²) >= 11 is 0. The number of halogens is 2. The number of aliphatic hydroxyl groups excluding tert-OH is 1. The van der Waals surface area contributed by atoms with Crippen LogP contribution in [0, 0.1) is 11.6 Å². The van der Waals surface area contributed by atoms with E-state index in [0.717, 1.165) is 23.8 Å². The van der Waals surface area contributed by atoms with Crippen molar-refractivity contribution in [1.29, 1.82) is 0 Å². The minimum Gasteiger partial charge on any atom is -0.454 e. The Morgan fingerprint density at radius 2 is 1.88 bits per heavy atom. The summed E-state index contributed by atoms with van der Waals surface area (Å²) in [6.07, 6.45) is -0.189. The van der Waals surface area contributed by atoms with Crippen LogP contribution in [0.15, 0.2) is 36.4 Å². The van der Waals surface area contributed by atoms with Crippen LogP contribution in [0.1, 0.15) is 24.8 Å². The zero-order chi connectivity index (χ0) is 24.1. The molecule has 2 aromatic carbocycles.